The molecule has 1 saturated heterocycles. The minimum atomic E-state index is -0.226. The first kappa shape index (κ1) is 19.8. The Morgan fingerprint density at radius 1 is 1.34 bits per heavy atom. The molecule has 2 aromatic rings. The highest BCUT2D eigenvalue weighted by Crippen LogP contribution is 2.38. The van der Waals surface area contributed by atoms with E-state index in [1.165, 1.54) is 16.2 Å². The van der Waals surface area contributed by atoms with Gasteiger partial charge in [-0.15, -0.1) is 6.58 Å². The maximum absolute atomic E-state index is 13.2. The van der Waals surface area contributed by atoms with E-state index in [0.717, 1.165) is 31.2 Å². The summed E-state index contributed by atoms with van der Waals surface area (Å²) in [6.45, 7) is 6.09. The Bertz CT molecular complexity index is 1100. The number of hydrogen-bond acceptors (Lipinski definition) is 6. The second-order valence-corrected chi connectivity index (χ2v) is 8.95. The van der Waals surface area contributed by atoms with Crippen LogP contribution in [0.25, 0.3) is 11.7 Å². The Morgan fingerprint density at radius 3 is 2.83 bits per heavy atom. The van der Waals surface area contributed by atoms with Crippen LogP contribution < -0.4 is 10.9 Å². The van der Waals surface area contributed by atoms with Crippen molar-refractivity contribution in [2.45, 2.75) is 38.6 Å². The number of fused-ring (bicyclic) bond motifs is 1. The Kier molecular flexibility index (Phi) is 5.56. The fourth-order valence-corrected chi connectivity index (χ4v) is 5.16. The molecular weight excluding hydrogens is 404 g/mol. The van der Waals surface area contributed by atoms with Gasteiger partial charge >= 0.3 is 0 Å². The van der Waals surface area contributed by atoms with Gasteiger partial charge < -0.3 is 5.32 Å². The Hall–Kier alpha value is -2.45. The standard InChI is InChI=1S/C21H22N4O2S2/c1-3-10-22-18-15(19(26)24-12-13(2)8-9-17(24)23-18)11-16-20(27)25(21(28)29-16)14-6-4-5-7-14/h3,8-9,11-12,14,22H,1,4-7,10H2,2H3/b16-11+. The minimum Gasteiger partial charge on any atom is -0.366 e. The molecule has 1 amide bonds. The van der Waals surface area contributed by atoms with Crippen LogP contribution in [0, 0.1) is 6.92 Å². The van der Waals surface area contributed by atoms with Gasteiger partial charge in [0.2, 0.25) is 0 Å². The molecule has 1 aliphatic heterocycles. The lowest BCUT2D eigenvalue weighted by atomic mass is 10.2. The minimum absolute atomic E-state index is 0.115. The number of rotatable bonds is 5. The van der Waals surface area contributed by atoms with Crippen LogP contribution in [0.5, 0.6) is 0 Å². The van der Waals surface area contributed by atoms with Crippen molar-refractivity contribution in [3.63, 3.8) is 0 Å². The molecule has 2 aromatic heterocycles. The summed E-state index contributed by atoms with van der Waals surface area (Å²) in [5, 5.41) is 3.12. The zero-order valence-corrected chi connectivity index (χ0v) is 17.8. The summed E-state index contributed by atoms with van der Waals surface area (Å²) in [5.41, 5.74) is 1.62. The normalized spacial score (nSPS) is 18.9. The molecule has 8 heteroatoms. The summed E-state index contributed by atoms with van der Waals surface area (Å²) < 4.78 is 2.08. The zero-order chi connectivity index (χ0) is 20.5. The van der Waals surface area contributed by atoms with Crippen LogP contribution >= 0.6 is 24.0 Å². The van der Waals surface area contributed by atoms with Gasteiger partial charge in [-0.05, 0) is 37.5 Å². The average molecular weight is 427 g/mol. The smallest absolute Gasteiger partial charge is 0.267 e. The fourth-order valence-electron chi connectivity index (χ4n) is 3.78. The second-order valence-electron chi connectivity index (χ2n) is 7.27. The third-order valence-electron chi connectivity index (χ3n) is 5.21. The van der Waals surface area contributed by atoms with Gasteiger partial charge in [0.05, 0.1) is 10.5 Å². The van der Waals surface area contributed by atoms with Gasteiger partial charge in [0.15, 0.2) is 0 Å². The molecule has 3 heterocycles. The molecule has 150 valence electrons. The van der Waals surface area contributed by atoms with Crippen LogP contribution in [0.3, 0.4) is 0 Å². The van der Waals surface area contributed by atoms with E-state index in [2.05, 4.69) is 16.9 Å². The molecule has 29 heavy (non-hydrogen) atoms. The lowest BCUT2D eigenvalue weighted by molar-refractivity contribution is -0.123. The first-order valence-electron chi connectivity index (χ1n) is 9.64. The highest BCUT2D eigenvalue weighted by atomic mass is 32.2. The summed E-state index contributed by atoms with van der Waals surface area (Å²) in [7, 11) is 0. The first-order valence-corrected chi connectivity index (χ1v) is 10.9. The van der Waals surface area contributed by atoms with E-state index in [-0.39, 0.29) is 17.5 Å². The molecule has 0 aromatic carbocycles. The van der Waals surface area contributed by atoms with Crippen LogP contribution in [-0.2, 0) is 4.79 Å². The van der Waals surface area contributed by atoms with E-state index in [4.69, 9.17) is 12.2 Å². The van der Waals surface area contributed by atoms with Gasteiger partial charge in [-0.1, -0.05) is 49.0 Å². The van der Waals surface area contributed by atoms with Gasteiger partial charge in [0.25, 0.3) is 11.5 Å². The third kappa shape index (κ3) is 3.74. The molecule has 1 aliphatic carbocycles. The van der Waals surface area contributed by atoms with Gasteiger partial charge in [-0.25, -0.2) is 4.98 Å². The van der Waals surface area contributed by atoms with E-state index >= 15 is 0 Å². The zero-order valence-electron chi connectivity index (χ0n) is 16.2. The second kappa shape index (κ2) is 8.12. The van der Waals surface area contributed by atoms with Crippen molar-refractivity contribution in [1.82, 2.24) is 14.3 Å². The van der Waals surface area contributed by atoms with E-state index in [0.29, 0.717) is 32.8 Å². The number of carbonyl (C=O) groups excluding carboxylic acids is 1. The van der Waals surface area contributed by atoms with Crippen LogP contribution in [-0.4, -0.2) is 37.1 Å². The fraction of sp³-hybridized carbons (Fsp3) is 0.333. The number of pyridine rings is 1. The number of aromatic nitrogens is 2. The Morgan fingerprint density at radius 2 is 2.10 bits per heavy atom. The molecular formula is C21H22N4O2S2. The molecule has 4 rings (SSSR count). The lowest BCUT2D eigenvalue weighted by Gasteiger charge is -2.21. The molecule has 0 atom stereocenters. The number of amides is 1. The first-order chi connectivity index (χ1) is 14.0. The Labute approximate surface area is 178 Å². The number of nitrogens with one attached hydrogen (secondary N) is 1. The van der Waals surface area contributed by atoms with Gasteiger partial charge in [0, 0.05) is 18.8 Å². The van der Waals surface area contributed by atoms with Crippen molar-refractivity contribution >= 4 is 51.7 Å². The van der Waals surface area contributed by atoms with Crippen LogP contribution in [0.2, 0.25) is 0 Å². The number of thiocarbonyl (C=S) groups is 1. The topological polar surface area (TPSA) is 66.7 Å². The van der Waals surface area contributed by atoms with Crippen molar-refractivity contribution in [2.75, 3.05) is 11.9 Å². The number of thioether (sulfide) groups is 1. The molecule has 0 radical (unpaired) electrons. The molecule has 1 N–H and O–H groups in total. The Balaban J connectivity index is 1.80. The monoisotopic (exact) mass is 426 g/mol. The van der Waals surface area contributed by atoms with E-state index < -0.39 is 0 Å². The van der Waals surface area contributed by atoms with Crippen LogP contribution in [0.15, 0.2) is 40.7 Å². The van der Waals surface area contributed by atoms with Crippen molar-refractivity contribution in [3.8, 4) is 0 Å². The van der Waals surface area contributed by atoms with Crippen molar-refractivity contribution in [3.05, 3.63) is 57.4 Å². The van der Waals surface area contributed by atoms with Crippen molar-refractivity contribution in [1.29, 1.82) is 0 Å². The third-order valence-corrected chi connectivity index (χ3v) is 6.54. The largest absolute Gasteiger partial charge is 0.366 e. The van der Waals surface area contributed by atoms with E-state index in [1.54, 1.807) is 29.3 Å². The van der Waals surface area contributed by atoms with E-state index in [9.17, 15) is 9.59 Å². The predicted octanol–water partition coefficient (Wildman–Crippen LogP) is 3.74. The van der Waals surface area contributed by atoms with Gasteiger partial charge in [-0.3, -0.25) is 18.9 Å². The number of carbonyl (C=O) groups is 1. The van der Waals surface area contributed by atoms with Crippen LogP contribution in [0.1, 0.15) is 36.8 Å². The number of nitrogens with zero attached hydrogens (tertiary/aromatic N) is 3. The molecule has 0 spiro atoms. The summed E-state index contributed by atoms with van der Waals surface area (Å²) >= 11 is 6.73. The maximum Gasteiger partial charge on any atom is 0.267 e. The molecule has 6 nitrogen and oxygen atoms in total. The quantitative estimate of drug-likeness (QED) is 0.446. The number of aryl methyl sites for hydroxylation is 1. The molecule has 2 aliphatic rings. The SMILES string of the molecule is C=CCNc1nc2ccc(C)cn2c(=O)c1/C=C1/SC(=S)N(C2CCCC2)C1=O. The summed E-state index contributed by atoms with van der Waals surface area (Å²) in [6, 6.07) is 3.88. The molecule has 0 unspecified atom stereocenters. The molecule has 2 fully saturated rings. The maximum atomic E-state index is 13.2. The van der Waals surface area contributed by atoms with Crippen LogP contribution in [0.4, 0.5) is 5.82 Å². The molecule has 0 bridgehead atoms. The van der Waals surface area contributed by atoms with Gasteiger partial charge in [-0.2, -0.15) is 0 Å². The highest BCUT2D eigenvalue weighted by molar-refractivity contribution is 8.26. The summed E-state index contributed by atoms with van der Waals surface area (Å²) in [6.07, 6.45) is 9.27. The van der Waals surface area contributed by atoms with Crippen molar-refractivity contribution in [2.24, 2.45) is 0 Å². The summed E-state index contributed by atoms with van der Waals surface area (Å²) in [4.78, 5) is 33.1. The average Bonchev–Trinajstić information content (AvgIpc) is 3.31. The van der Waals surface area contributed by atoms with Gasteiger partial charge in [0.1, 0.15) is 15.8 Å². The van der Waals surface area contributed by atoms with Crippen molar-refractivity contribution < 1.29 is 4.79 Å². The lowest BCUT2D eigenvalue weighted by Crippen LogP contribution is -2.36. The predicted molar refractivity (Wildman–Crippen MR) is 122 cm³/mol. The summed E-state index contributed by atoms with van der Waals surface area (Å²) in [5.74, 6) is 0.320. The molecule has 1 saturated carbocycles. The number of hydrogen-bond donors (Lipinski definition) is 1. The number of anilines is 1. The van der Waals surface area contributed by atoms with E-state index in [1.807, 2.05) is 13.0 Å². The highest BCUT2D eigenvalue weighted by Gasteiger charge is 2.38.